The minimum atomic E-state index is -2.15. The molecule has 0 aromatic carbocycles. The molecule has 0 amide bonds. The highest BCUT2D eigenvalue weighted by atomic mass is 16.8. The molecule has 18 N–H and O–H groups in total. The first kappa shape index (κ1) is 52.6. The van der Waals surface area contributed by atoms with Gasteiger partial charge in [-0.3, -0.25) is 0 Å². The predicted molar refractivity (Wildman–Crippen MR) is 196 cm³/mol. The highest BCUT2D eigenvalue weighted by molar-refractivity contribution is 5.01. The van der Waals surface area contributed by atoms with Crippen molar-refractivity contribution in [3.05, 3.63) is 0 Å². The van der Waals surface area contributed by atoms with Gasteiger partial charge in [0.25, 0.3) is 0 Å². The van der Waals surface area contributed by atoms with Gasteiger partial charge in [-0.2, -0.15) is 0 Å². The van der Waals surface area contributed by atoms with Gasteiger partial charge in [-0.05, 0) is 0 Å². The van der Waals surface area contributed by atoms with Crippen molar-refractivity contribution in [3.8, 4) is 0 Å². The second-order valence-corrected chi connectivity index (χ2v) is 16.8. The minimum Gasteiger partial charge on any atom is -0.394 e. The van der Waals surface area contributed by atoms with Crippen LogP contribution in [0.25, 0.3) is 0 Å². The lowest BCUT2D eigenvalue weighted by molar-refractivity contribution is -0.404. The third-order valence-electron chi connectivity index (χ3n) is 12.7. The van der Waals surface area contributed by atoms with Crippen LogP contribution in [0.3, 0.4) is 0 Å². The molecule has 22 heterocycles. The largest absolute Gasteiger partial charge is 0.394 e. The van der Waals surface area contributed by atoms with Gasteiger partial charge in [0.1, 0.15) is 146 Å². The summed E-state index contributed by atoms with van der Waals surface area (Å²) in [5.41, 5.74) is 0. The highest BCUT2D eigenvalue weighted by Gasteiger charge is 2.58. The van der Waals surface area contributed by atoms with Crippen molar-refractivity contribution in [2.45, 2.75) is 184 Å². The zero-order chi connectivity index (χ0) is 48.0. The zero-order valence-corrected chi connectivity index (χ0v) is 34.5. The van der Waals surface area contributed by atoms with E-state index in [0.717, 1.165) is 0 Å². The average Bonchev–Trinajstić information content (AvgIpc) is 3.31. The number of hydrogen-bond donors (Lipinski definition) is 18. The van der Waals surface area contributed by atoms with Gasteiger partial charge in [0.05, 0.1) is 39.6 Å². The molecule has 384 valence electrons. The third kappa shape index (κ3) is 10.0. The van der Waals surface area contributed by atoms with Gasteiger partial charge < -0.3 is 149 Å². The Hall–Kier alpha value is -1.20. The van der Waals surface area contributed by atoms with Gasteiger partial charge in [0, 0.05) is 0 Å². The fraction of sp³-hybridized carbons (Fsp3) is 1.00. The van der Waals surface area contributed by atoms with Gasteiger partial charge in [-0.1, -0.05) is 0 Å². The zero-order valence-electron chi connectivity index (χ0n) is 34.5. The van der Waals surface area contributed by atoms with Crippen LogP contribution in [0.2, 0.25) is 0 Å². The Bertz CT molecular complexity index is 1230. The standard InChI is InChI=1S/C36H60O30/c37-1-7-25-13(43)19(49)31(55-7)62-26-8(2-38)57-33(21(51)15(26)45)64-28-10(4-40)59-35(23(53)17(28)47)66-30-12(6-42)60-36(24(54)18(30)48)65-29-11(5-41)58-34(22(52)16(29)46)63-27-9(3-39)56-32(61-25)20(50)14(27)44/h7-54H,1-6H2/t7-,8-,9-,10-,11-,12-,13-,14-,15-,16-,17-,18-,19-,20-,21-,22-,23-,24+,25-,26-,27-,28-,29-,30-,31-,32-,33-,34-,35-,36-/m1/s1. The molecule has 22 fully saturated rings. The van der Waals surface area contributed by atoms with Gasteiger partial charge in [0.2, 0.25) is 0 Å². The van der Waals surface area contributed by atoms with Crippen molar-refractivity contribution in [2.75, 3.05) is 39.6 Å². The summed E-state index contributed by atoms with van der Waals surface area (Å²) in [7, 11) is 0. The van der Waals surface area contributed by atoms with E-state index in [-0.39, 0.29) is 0 Å². The van der Waals surface area contributed by atoms with Crippen molar-refractivity contribution < 1.29 is 149 Å². The Labute approximate surface area is 372 Å². The van der Waals surface area contributed by atoms with E-state index in [1.807, 2.05) is 0 Å². The molecule has 22 saturated heterocycles. The molecule has 22 aliphatic rings. The number of aliphatic hydroxyl groups excluding tert-OH is 18. The molecular weight excluding hydrogens is 912 g/mol. The lowest BCUT2D eigenvalue weighted by Gasteiger charge is -2.50. The summed E-state index contributed by atoms with van der Waals surface area (Å²) in [4.78, 5) is 0. The Morgan fingerprint density at radius 2 is 0.303 bits per heavy atom. The van der Waals surface area contributed by atoms with Gasteiger partial charge in [-0.25, -0.2) is 0 Å². The summed E-state index contributed by atoms with van der Waals surface area (Å²) in [6.07, 6.45) is -58.5. The molecular formula is C36H60O30. The molecule has 12 bridgehead atoms. The SMILES string of the molecule is OC[C@H]1O[C@@H]2O[C@H]3[C@H](O)[C@@H](O)[C@@H](O[C@H]4[C@H](O)[C@@H](O)[C@@H](O[C@H]5[C@H](O)[C@@H](O)[C@@H](O[C@H]6[C@H](O)[C@@H](O)[C@@H](O[C@H]7[C@H](O)[C@@H](O)[C@@H](O[C@H]1[C@H](O)[C@@H]2O)O[C@@H]7CO)O[C@@H]6CO)O[C@@H]5CO)O[C@@H]4CO)O[C@@H]3CO. The van der Waals surface area contributed by atoms with Crippen molar-refractivity contribution in [2.24, 2.45) is 0 Å². The third-order valence-corrected chi connectivity index (χ3v) is 12.7. The first-order chi connectivity index (χ1) is 31.4. The van der Waals surface area contributed by atoms with E-state index < -0.39 is 224 Å². The molecule has 22 aliphatic heterocycles. The Balaban J connectivity index is 1.19. The van der Waals surface area contributed by atoms with Crippen LogP contribution in [0.15, 0.2) is 0 Å². The normalized spacial score (nSPS) is 55.4. The fourth-order valence-corrected chi connectivity index (χ4v) is 8.93. The van der Waals surface area contributed by atoms with E-state index in [0.29, 0.717) is 0 Å². The second-order valence-electron chi connectivity index (χ2n) is 16.8. The van der Waals surface area contributed by atoms with Crippen molar-refractivity contribution in [1.82, 2.24) is 0 Å². The molecule has 0 aliphatic carbocycles. The lowest BCUT2D eigenvalue weighted by Crippen LogP contribution is -2.69. The van der Waals surface area contributed by atoms with E-state index in [9.17, 15) is 91.9 Å². The monoisotopic (exact) mass is 972 g/mol. The van der Waals surface area contributed by atoms with E-state index in [4.69, 9.17) is 56.8 Å². The molecule has 30 nitrogen and oxygen atoms in total. The van der Waals surface area contributed by atoms with Crippen molar-refractivity contribution in [3.63, 3.8) is 0 Å². The molecule has 30 atom stereocenters. The van der Waals surface area contributed by atoms with E-state index in [2.05, 4.69) is 0 Å². The predicted octanol–water partition coefficient (Wildman–Crippen LogP) is -13.1. The van der Waals surface area contributed by atoms with Crippen LogP contribution in [-0.4, -0.2) is 316 Å². The summed E-state index contributed by atoms with van der Waals surface area (Å²) >= 11 is 0. The Kier molecular flexibility index (Phi) is 17.6. The maximum absolute atomic E-state index is 11.2. The van der Waals surface area contributed by atoms with Crippen LogP contribution in [0.5, 0.6) is 0 Å². The summed E-state index contributed by atoms with van der Waals surface area (Å²) < 4.78 is 67.9. The summed E-state index contributed by atoms with van der Waals surface area (Å²) in [5.74, 6) is 0. The van der Waals surface area contributed by atoms with Gasteiger partial charge >= 0.3 is 0 Å². The molecule has 66 heavy (non-hydrogen) atoms. The highest BCUT2D eigenvalue weighted by Crippen LogP contribution is 2.38. The summed E-state index contributed by atoms with van der Waals surface area (Å²) in [6, 6.07) is 0. The Morgan fingerprint density at radius 1 is 0.182 bits per heavy atom. The smallest absolute Gasteiger partial charge is 0.187 e. The van der Waals surface area contributed by atoms with Crippen LogP contribution >= 0.6 is 0 Å². The van der Waals surface area contributed by atoms with Crippen LogP contribution < -0.4 is 0 Å². The second kappa shape index (κ2) is 22.1. The number of ether oxygens (including phenoxy) is 12. The fourth-order valence-electron chi connectivity index (χ4n) is 8.93. The van der Waals surface area contributed by atoms with Crippen molar-refractivity contribution >= 4 is 0 Å². The molecule has 0 radical (unpaired) electrons. The quantitative estimate of drug-likeness (QED) is 0.117. The molecule has 30 heteroatoms. The van der Waals surface area contributed by atoms with Gasteiger partial charge in [-0.15, -0.1) is 0 Å². The maximum Gasteiger partial charge on any atom is 0.187 e. The van der Waals surface area contributed by atoms with Crippen LogP contribution in [0, 0.1) is 0 Å². The van der Waals surface area contributed by atoms with E-state index in [1.165, 1.54) is 0 Å². The van der Waals surface area contributed by atoms with Crippen LogP contribution in [0.4, 0.5) is 0 Å². The first-order valence-corrected chi connectivity index (χ1v) is 21.1. The topological polar surface area (TPSA) is 475 Å². The number of rotatable bonds is 6. The molecule has 0 unspecified atom stereocenters. The lowest BCUT2D eigenvalue weighted by atomic mass is 9.94. The maximum atomic E-state index is 11.2. The van der Waals surface area contributed by atoms with Gasteiger partial charge in [0.15, 0.2) is 37.7 Å². The minimum absolute atomic E-state index is 0.999. The Morgan fingerprint density at radius 3 is 0.409 bits per heavy atom. The van der Waals surface area contributed by atoms with Crippen LogP contribution in [-0.2, 0) is 56.8 Å². The van der Waals surface area contributed by atoms with E-state index >= 15 is 0 Å². The molecule has 0 spiro atoms. The number of hydrogen-bond acceptors (Lipinski definition) is 30. The summed E-state index contributed by atoms with van der Waals surface area (Å²) in [5, 5.41) is 196. The van der Waals surface area contributed by atoms with Crippen molar-refractivity contribution in [1.29, 1.82) is 0 Å². The molecule has 0 aromatic rings. The van der Waals surface area contributed by atoms with Crippen LogP contribution in [0.1, 0.15) is 0 Å². The molecule has 0 saturated carbocycles. The molecule has 22 rings (SSSR count). The molecule has 0 aromatic heterocycles. The average molecular weight is 973 g/mol. The first-order valence-electron chi connectivity index (χ1n) is 21.1. The number of aliphatic hydroxyl groups is 18. The van der Waals surface area contributed by atoms with E-state index in [1.54, 1.807) is 0 Å². The summed E-state index contributed by atoms with van der Waals surface area (Å²) in [6.45, 7) is -5.99.